The van der Waals surface area contributed by atoms with Crippen molar-refractivity contribution in [3.05, 3.63) is 11.6 Å². The van der Waals surface area contributed by atoms with Crippen LogP contribution in [0.1, 0.15) is 60.3 Å². The van der Waals surface area contributed by atoms with Crippen LogP contribution in [0.3, 0.4) is 0 Å². The highest BCUT2D eigenvalue weighted by molar-refractivity contribution is 4.97. The molecule has 0 N–H and O–H groups in total. The van der Waals surface area contributed by atoms with E-state index in [0.717, 1.165) is 25.0 Å². The van der Waals surface area contributed by atoms with Gasteiger partial charge in [0, 0.05) is 6.61 Å². The SMILES string of the molecule is CC(=CCOCCC(C)C)CCCC(C)C. The fourth-order valence-electron chi connectivity index (χ4n) is 1.49. The van der Waals surface area contributed by atoms with Gasteiger partial charge in [0.1, 0.15) is 0 Å². The Labute approximate surface area is 102 Å². The molecule has 0 aliphatic rings. The molecule has 0 rings (SSSR count). The summed E-state index contributed by atoms with van der Waals surface area (Å²) in [6, 6.07) is 0. The smallest absolute Gasteiger partial charge is 0.0649 e. The fraction of sp³-hybridized carbons (Fsp3) is 0.867. The zero-order valence-corrected chi connectivity index (χ0v) is 11.9. The van der Waals surface area contributed by atoms with Crippen molar-refractivity contribution in [3.63, 3.8) is 0 Å². The van der Waals surface area contributed by atoms with Crippen LogP contribution >= 0.6 is 0 Å². The van der Waals surface area contributed by atoms with Crippen LogP contribution in [0.25, 0.3) is 0 Å². The molecule has 0 aliphatic heterocycles. The highest BCUT2D eigenvalue weighted by Gasteiger charge is 1.96. The summed E-state index contributed by atoms with van der Waals surface area (Å²) in [5, 5.41) is 0. The first-order chi connectivity index (χ1) is 7.52. The maximum atomic E-state index is 5.57. The highest BCUT2D eigenvalue weighted by Crippen LogP contribution is 2.11. The Morgan fingerprint density at radius 1 is 1.06 bits per heavy atom. The molecule has 0 atom stereocenters. The third-order valence-corrected chi connectivity index (χ3v) is 2.74. The van der Waals surface area contributed by atoms with Gasteiger partial charge in [0.05, 0.1) is 6.61 Å². The molecule has 0 aromatic heterocycles. The van der Waals surface area contributed by atoms with E-state index in [1.165, 1.54) is 31.3 Å². The van der Waals surface area contributed by atoms with E-state index < -0.39 is 0 Å². The number of hydrogen-bond acceptors (Lipinski definition) is 1. The van der Waals surface area contributed by atoms with Gasteiger partial charge in [-0.25, -0.2) is 0 Å². The number of ether oxygens (including phenoxy) is 1. The Morgan fingerprint density at radius 2 is 1.69 bits per heavy atom. The summed E-state index contributed by atoms with van der Waals surface area (Å²) in [7, 11) is 0. The molecule has 0 unspecified atom stereocenters. The summed E-state index contributed by atoms with van der Waals surface area (Å²) in [5.74, 6) is 1.58. The highest BCUT2D eigenvalue weighted by atomic mass is 16.5. The average molecular weight is 226 g/mol. The minimum atomic E-state index is 0.746. The van der Waals surface area contributed by atoms with Crippen LogP contribution < -0.4 is 0 Å². The van der Waals surface area contributed by atoms with Crippen molar-refractivity contribution in [1.82, 2.24) is 0 Å². The fourth-order valence-corrected chi connectivity index (χ4v) is 1.49. The molecule has 0 aliphatic carbocycles. The Hall–Kier alpha value is -0.300. The zero-order valence-electron chi connectivity index (χ0n) is 11.9. The predicted octanol–water partition coefficient (Wildman–Crippen LogP) is 4.82. The van der Waals surface area contributed by atoms with Crippen molar-refractivity contribution in [2.24, 2.45) is 11.8 Å². The van der Waals surface area contributed by atoms with Crippen molar-refractivity contribution in [2.45, 2.75) is 60.3 Å². The van der Waals surface area contributed by atoms with Crippen LogP contribution in [0.2, 0.25) is 0 Å². The minimum Gasteiger partial charge on any atom is -0.377 e. The lowest BCUT2D eigenvalue weighted by atomic mass is 10.0. The first-order valence-corrected chi connectivity index (χ1v) is 6.75. The second kappa shape index (κ2) is 9.89. The Balaban J connectivity index is 3.40. The molecule has 16 heavy (non-hydrogen) atoms. The van der Waals surface area contributed by atoms with Gasteiger partial charge in [-0.1, -0.05) is 45.8 Å². The van der Waals surface area contributed by atoms with E-state index in [1.807, 2.05) is 0 Å². The molecule has 0 saturated heterocycles. The number of rotatable bonds is 9. The zero-order chi connectivity index (χ0) is 12.4. The van der Waals surface area contributed by atoms with Crippen LogP contribution in [0.15, 0.2) is 11.6 Å². The summed E-state index contributed by atoms with van der Waals surface area (Å²) in [5.41, 5.74) is 1.48. The van der Waals surface area contributed by atoms with E-state index in [-0.39, 0.29) is 0 Å². The van der Waals surface area contributed by atoms with Gasteiger partial charge in [-0.15, -0.1) is 0 Å². The summed E-state index contributed by atoms with van der Waals surface area (Å²) >= 11 is 0. The second-order valence-corrected chi connectivity index (χ2v) is 5.59. The molecule has 0 aromatic carbocycles. The molecule has 0 saturated carbocycles. The van der Waals surface area contributed by atoms with Gasteiger partial charge in [-0.3, -0.25) is 0 Å². The number of hydrogen-bond donors (Lipinski definition) is 0. The van der Waals surface area contributed by atoms with Gasteiger partial charge in [0.2, 0.25) is 0 Å². The molecule has 0 aromatic rings. The van der Waals surface area contributed by atoms with Crippen molar-refractivity contribution in [2.75, 3.05) is 13.2 Å². The molecular weight excluding hydrogens is 196 g/mol. The molecule has 96 valence electrons. The van der Waals surface area contributed by atoms with E-state index in [9.17, 15) is 0 Å². The van der Waals surface area contributed by atoms with E-state index in [1.54, 1.807) is 0 Å². The summed E-state index contributed by atoms with van der Waals surface area (Å²) in [6.45, 7) is 12.9. The maximum Gasteiger partial charge on any atom is 0.0649 e. The van der Waals surface area contributed by atoms with Crippen molar-refractivity contribution in [1.29, 1.82) is 0 Å². The van der Waals surface area contributed by atoms with Crippen molar-refractivity contribution in [3.8, 4) is 0 Å². The van der Waals surface area contributed by atoms with E-state index >= 15 is 0 Å². The van der Waals surface area contributed by atoms with Gasteiger partial charge in [0.25, 0.3) is 0 Å². The number of allylic oxidation sites excluding steroid dienone is 1. The normalized spacial score (nSPS) is 12.8. The molecule has 0 bridgehead atoms. The molecule has 0 spiro atoms. The van der Waals surface area contributed by atoms with Crippen molar-refractivity contribution < 1.29 is 4.74 Å². The van der Waals surface area contributed by atoms with Gasteiger partial charge >= 0.3 is 0 Å². The third kappa shape index (κ3) is 11.8. The first-order valence-electron chi connectivity index (χ1n) is 6.75. The largest absolute Gasteiger partial charge is 0.377 e. The molecule has 0 amide bonds. The minimum absolute atomic E-state index is 0.746. The summed E-state index contributed by atoms with van der Waals surface area (Å²) in [6.07, 6.45) is 7.28. The van der Waals surface area contributed by atoms with Crippen LogP contribution in [-0.4, -0.2) is 13.2 Å². The Kier molecular flexibility index (Phi) is 9.71. The van der Waals surface area contributed by atoms with Gasteiger partial charge in [0.15, 0.2) is 0 Å². The van der Waals surface area contributed by atoms with E-state index in [2.05, 4.69) is 40.7 Å². The Bertz CT molecular complexity index is 180. The molecule has 0 fully saturated rings. The van der Waals surface area contributed by atoms with E-state index in [4.69, 9.17) is 4.74 Å². The molecular formula is C15H30O. The Morgan fingerprint density at radius 3 is 2.25 bits per heavy atom. The predicted molar refractivity (Wildman–Crippen MR) is 72.7 cm³/mol. The average Bonchev–Trinajstić information content (AvgIpc) is 2.16. The lowest BCUT2D eigenvalue weighted by Gasteiger charge is -2.06. The van der Waals surface area contributed by atoms with E-state index in [0.29, 0.717) is 0 Å². The summed E-state index contributed by atoms with van der Waals surface area (Å²) < 4.78 is 5.57. The second-order valence-electron chi connectivity index (χ2n) is 5.59. The standard InChI is InChI=1S/C15H30O/c1-13(2)7-6-8-15(5)10-12-16-11-9-14(3)4/h10,13-14H,6-9,11-12H2,1-5H3. The third-order valence-electron chi connectivity index (χ3n) is 2.74. The lowest BCUT2D eigenvalue weighted by molar-refractivity contribution is 0.149. The van der Waals surface area contributed by atoms with Gasteiger partial charge < -0.3 is 4.74 Å². The van der Waals surface area contributed by atoms with Crippen molar-refractivity contribution >= 4 is 0 Å². The lowest BCUT2D eigenvalue weighted by Crippen LogP contribution is -1.99. The maximum absolute atomic E-state index is 5.57. The monoisotopic (exact) mass is 226 g/mol. The molecule has 0 radical (unpaired) electrons. The van der Waals surface area contributed by atoms with Crippen LogP contribution in [0, 0.1) is 11.8 Å². The van der Waals surface area contributed by atoms with Crippen LogP contribution in [0.4, 0.5) is 0 Å². The van der Waals surface area contributed by atoms with Crippen LogP contribution in [-0.2, 0) is 4.74 Å². The molecule has 1 heteroatoms. The topological polar surface area (TPSA) is 9.23 Å². The molecule has 1 nitrogen and oxygen atoms in total. The first kappa shape index (κ1) is 15.7. The quantitative estimate of drug-likeness (QED) is 0.404. The molecule has 0 heterocycles. The summed E-state index contributed by atoms with van der Waals surface area (Å²) in [4.78, 5) is 0. The van der Waals surface area contributed by atoms with Gasteiger partial charge in [-0.05, 0) is 38.0 Å². The van der Waals surface area contributed by atoms with Crippen LogP contribution in [0.5, 0.6) is 0 Å². The van der Waals surface area contributed by atoms with Gasteiger partial charge in [-0.2, -0.15) is 0 Å².